The molecule has 0 saturated carbocycles. The molecule has 0 aliphatic heterocycles. The van der Waals surface area contributed by atoms with Gasteiger partial charge in [0, 0.05) is 13.0 Å². The lowest BCUT2D eigenvalue weighted by Crippen LogP contribution is -2.30. The predicted molar refractivity (Wildman–Crippen MR) is 57.0 cm³/mol. The van der Waals surface area contributed by atoms with E-state index in [1.54, 1.807) is 0 Å². The summed E-state index contributed by atoms with van der Waals surface area (Å²) in [5.74, 6) is -3.93. The highest BCUT2D eigenvalue weighted by atomic mass is 19.1. The highest BCUT2D eigenvalue weighted by Crippen LogP contribution is 2.09. The third-order valence-electron chi connectivity index (χ3n) is 2.16. The number of carbonyl (C=O) groups excluding carboxylic acids is 1. The molecule has 0 heterocycles. The maximum absolute atomic E-state index is 13.2. The molecule has 0 bridgehead atoms. The molecule has 98 valence electrons. The first-order valence-corrected chi connectivity index (χ1v) is 5.06. The molecule has 1 rings (SSSR count). The maximum Gasteiger partial charge on any atom is 0.332 e. The number of carbonyl (C=O) groups is 2. The Hall–Kier alpha value is -2.02. The lowest BCUT2D eigenvalue weighted by atomic mass is 10.2. The minimum Gasteiger partial charge on any atom is -0.479 e. The second-order valence-electron chi connectivity index (χ2n) is 3.52. The Morgan fingerprint density at radius 1 is 1.33 bits per heavy atom. The molecule has 1 aromatic rings. The van der Waals surface area contributed by atoms with Crippen LogP contribution in [-0.4, -0.2) is 34.7 Å². The van der Waals surface area contributed by atoms with Crippen molar-refractivity contribution in [2.75, 3.05) is 6.54 Å². The molecular formula is C11H11F2NO4. The minimum absolute atomic E-state index is 0.164. The molecule has 0 unspecified atom stereocenters. The molecule has 3 N–H and O–H groups in total. The number of carboxylic acid groups (broad SMARTS) is 1. The van der Waals surface area contributed by atoms with Gasteiger partial charge in [-0.2, -0.15) is 0 Å². The fourth-order valence-corrected chi connectivity index (χ4v) is 1.21. The summed E-state index contributed by atoms with van der Waals surface area (Å²) >= 11 is 0. The zero-order valence-corrected chi connectivity index (χ0v) is 9.19. The number of halogens is 2. The van der Waals surface area contributed by atoms with Crippen LogP contribution < -0.4 is 5.32 Å². The van der Waals surface area contributed by atoms with Gasteiger partial charge in [-0.3, -0.25) is 4.79 Å². The first-order chi connectivity index (χ1) is 8.41. The Balaban J connectivity index is 2.55. The summed E-state index contributed by atoms with van der Waals surface area (Å²) in [7, 11) is 0. The molecule has 1 atom stereocenters. The third-order valence-corrected chi connectivity index (χ3v) is 2.16. The summed E-state index contributed by atoms with van der Waals surface area (Å²) in [5.41, 5.74) is -0.472. The molecule has 1 amide bonds. The first-order valence-electron chi connectivity index (χ1n) is 5.06. The zero-order chi connectivity index (χ0) is 13.7. The number of benzene rings is 1. The van der Waals surface area contributed by atoms with Crippen LogP contribution in [0.25, 0.3) is 0 Å². The highest BCUT2D eigenvalue weighted by Gasteiger charge is 2.15. The van der Waals surface area contributed by atoms with Gasteiger partial charge in [0.2, 0.25) is 0 Å². The van der Waals surface area contributed by atoms with Crippen molar-refractivity contribution in [3.63, 3.8) is 0 Å². The minimum atomic E-state index is -1.61. The van der Waals surface area contributed by atoms with Crippen molar-refractivity contribution < 1.29 is 28.6 Å². The summed E-state index contributed by atoms with van der Waals surface area (Å²) in [4.78, 5) is 21.7. The van der Waals surface area contributed by atoms with Crippen molar-refractivity contribution in [3.05, 3.63) is 35.4 Å². The molecule has 0 aromatic heterocycles. The summed E-state index contributed by atoms with van der Waals surface area (Å²) in [5, 5.41) is 19.5. The van der Waals surface area contributed by atoms with Crippen molar-refractivity contribution in [3.8, 4) is 0 Å². The third kappa shape index (κ3) is 3.77. The van der Waals surface area contributed by atoms with E-state index in [0.717, 1.165) is 18.2 Å². The van der Waals surface area contributed by atoms with Crippen molar-refractivity contribution in [2.24, 2.45) is 0 Å². The van der Waals surface area contributed by atoms with Crippen LogP contribution in [0.1, 0.15) is 16.8 Å². The topological polar surface area (TPSA) is 86.6 Å². The quantitative estimate of drug-likeness (QED) is 0.720. The van der Waals surface area contributed by atoms with E-state index in [0.29, 0.717) is 0 Å². The molecule has 7 heteroatoms. The van der Waals surface area contributed by atoms with Gasteiger partial charge in [-0.25, -0.2) is 13.6 Å². The molecule has 18 heavy (non-hydrogen) atoms. The fraction of sp³-hybridized carbons (Fsp3) is 0.273. The number of rotatable bonds is 5. The van der Waals surface area contributed by atoms with Gasteiger partial charge in [0.25, 0.3) is 5.91 Å². The van der Waals surface area contributed by atoms with Gasteiger partial charge in [-0.1, -0.05) is 0 Å². The van der Waals surface area contributed by atoms with Crippen LogP contribution in [0.3, 0.4) is 0 Å². The Morgan fingerprint density at radius 2 is 2.00 bits per heavy atom. The Kier molecular flexibility index (Phi) is 4.73. The number of hydrogen-bond donors (Lipinski definition) is 3. The lowest BCUT2D eigenvalue weighted by molar-refractivity contribution is -0.146. The number of amides is 1. The van der Waals surface area contributed by atoms with E-state index >= 15 is 0 Å². The van der Waals surface area contributed by atoms with E-state index in [-0.39, 0.29) is 13.0 Å². The van der Waals surface area contributed by atoms with Crippen LogP contribution in [-0.2, 0) is 4.79 Å². The van der Waals surface area contributed by atoms with E-state index in [2.05, 4.69) is 5.32 Å². The second kappa shape index (κ2) is 6.06. The monoisotopic (exact) mass is 259 g/mol. The molecule has 0 aliphatic rings. The van der Waals surface area contributed by atoms with Gasteiger partial charge in [-0.15, -0.1) is 0 Å². The van der Waals surface area contributed by atoms with Crippen molar-refractivity contribution in [1.29, 1.82) is 0 Å². The SMILES string of the molecule is O=C(NCC[C@H](O)C(=O)O)c1cc(F)ccc1F. The summed E-state index contributed by atoms with van der Waals surface area (Å²) in [6, 6.07) is 2.43. The number of aliphatic hydroxyl groups excluding tert-OH is 1. The number of hydrogen-bond acceptors (Lipinski definition) is 3. The number of carboxylic acids is 1. The normalized spacial score (nSPS) is 11.9. The maximum atomic E-state index is 13.2. The van der Waals surface area contributed by atoms with Gasteiger partial charge in [-0.05, 0) is 18.2 Å². The van der Waals surface area contributed by atoms with Crippen molar-refractivity contribution >= 4 is 11.9 Å². The van der Waals surface area contributed by atoms with E-state index in [4.69, 9.17) is 10.2 Å². The molecule has 1 aromatic carbocycles. The van der Waals surface area contributed by atoms with E-state index < -0.39 is 35.2 Å². The lowest BCUT2D eigenvalue weighted by Gasteiger charge is -2.08. The molecule has 0 spiro atoms. The number of aliphatic hydroxyl groups is 1. The highest BCUT2D eigenvalue weighted by molar-refractivity contribution is 5.94. The molecule has 0 aliphatic carbocycles. The molecule has 0 saturated heterocycles. The second-order valence-corrected chi connectivity index (χ2v) is 3.52. The number of nitrogens with one attached hydrogen (secondary N) is 1. The number of aliphatic carboxylic acids is 1. The fourth-order valence-electron chi connectivity index (χ4n) is 1.21. The molecule has 5 nitrogen and oxygen atoms in total. The van der Waals surface area contributed by atoms with Gasteiger partial charge in [0.1, 0.15) is 11.6 Å². The summed E-state index contributed by atoms with van der Waals surface area (Å²) in [6.07, 6.45) is -1.83. The molecular weight excluding hydrogens is 248 g/mol. The van der Waals surface area contributed by atoms with Gasteiger partial charge < -0.3 is 15.5 Å². The van der Waals surface area contributed by atoms with E-state index in [9.17, 15) is 18.4 Å². The summed E-state index contributed by atoms with van der Waals surface area (Å²) in [6.45, 7) is -0.164. The zero-order valence-electron chi connectivity index (χ0n) is 9.19. The van der Waals surface area contributed by atoms with Crippen LogP contribution >= 0.6 is 0 Å². The Morgan fingerprint density at radius 3 is 2.61 bits per heavy atom. The van der Waals surface area contributed by atoms with E-state index in [1.807, 2.05) is 0 Å². The van der Waals surface area contributed by atoms with Crippen LogP contribution in [0.15, 0.2) is 18.2 Å². The smallest absolute Gasteiger partial charge is 0.332 e. The Bertz CT molecular complexity index is 464. The largest absolute Gasteiger partial charge is 0.479 e. The molecule has 0 radical (unpaired) electrons. The van der Waals surface area contributed by atoms with Crippen LogP contribution in [0.4, 0.5) is 8.78 Å². The summed E-state index contributed by atoms with van der Waals surface area (Å²) < 4.78 is 26.0. The van der Waals surface area contributed by atoms with Crippen molar-refractivity contribution in [2.45, 2.75) is 12.5 Å². The Labute approximate surface area is 101 Å². The van der Waals surface area contributed by atoms with Gasteiger partial charge >= 0.3 is 5.97 Å². The standard InChI is InChI=1S/C11H11F2NO4/c12-6-1-2-8(13)7(5-6)10(16)14-4-3-9(15)11(17)18/h1-2,5,9,15H,3-4H2,(H,14,16)(H,17,18)/t9-/m0/s1. The van der Waals surface area contributed by atoms with Gasteiger partial charge in [0.05, 0.1) is 5.56 Å². The predicted octanol–water partition coefficient (Wildman–Crippen LogP) is 0.530. The average Bonchev–Trinajstić information content (AvgIpc) is 2.31. The van der Waals surface area contributed by atoms with Gasteiger partial charge in [0.15, 0.2) is 6.10 Å². The van der Waals surface area contributed by atoms with Crippen molar-refractivity contribution in [1.82, 2.24) is 5.32 Å². The average molecular weight is 259 g/mol. The first kappa shape index (κ1) is 14.0. The van der Waals surface area contributed by atoms with Crippen LogP contribution in [0.5, 0.6) is 0 Å². The van der Waals surface area contributed by atoms with Crippen LogP contribution in [0.2, 0.25) is 0 Å². The van der Waals surface area contributed by atoms with Crippen LogP contribution in [0, 0.1) is 11.6 Å². The molecule has 0 fully saturated rings. The van der Waals surface area contributed by atoms with E-state index in [1.165, 1.54) is 0 Å².